The maximum Gasteiger partial charge on any atom is 0.306 e. The van der Waals surface area contributed by atoms with Crippen LogP contribution in [0.25, 0.3) is 0 Å². The molecule has 9 unspecified atom stereocenters. The van der Waals surface area contributed by atoms with Crippen LogP contribution in [-0.4, -0.2) is 11.1 Å². The van der Waals surface area contributed by atoms with Crippen molar-refractivity contribution < 1.29 is 9.90 Å². The summed E-state index contributed by atoms with van der Waals surface area (Å²) in [6.07, 6.45) is 13.6. The van der Waals surface area contributed by atoms with Crippen LogP contribution in [-0.2, 0) is 4.79 Å². The fourth-order valence-electron chi connectivity index (χ4n) is 8.29. The first-order chi connectivity index (χ1) is 10.7. The largest absolute Gasteiger partial charge is 0.481 e. The van der Waals surface area contributed by atoms with Crippen LogP contribution in [0.1, 0.15) is 64.2 Å². The van der Waals surface area contributed by atoms with Gasteiger partial charge in [0.1, 0.15) is 0 Å². The fraction of sp³-hybridized carbons (Fsp3) is 0.950. The molecule has 0 saturated heterocycles. The van der Waals surface area contributed by atoms with Crippen molar-refractivity contribution in [3.63, 3.8) is 0 Å². The Morgan fingerprint density at radius 1 is 0.682 bits per heavy atom. The van der Waals surface area contributed by atoms with Gasteiger partial charge in [0.15, 0.2) is 0 Å². The van der Waals surface area contributed by atoms with Crippen LogP contribution >= 0.6 is 0 Å². The summed E-state index contributed by atoms with van der Waals surface area (Å²) >= 11 is 0. The van der Waals surface area contributed by atoms with Crippen molar-refractivity contribution in [1.82, 2.24) is 0 Å². The molecule has 5 rings (SSSR count). The molecule has 0 aliphatic heterocycles. The third-order valence-electron chi connectivity index (χ3n) is 8.78. The van der Waals surface area contributed by atoms with Crippen molar-refractivity contribution in [2.75, 3.05) is 0 Å². The van der Waals surface area contributed by atoms with E-state index in [0.717, 1.165) is 47.8 Å². The van der Waals surface area contributed by atoms with Crippen LogP contribution in [0.15, 0.2) is 0 Å². The maximum absolute atomic E-state index is 12.0. The Kier molecular flexibility index (Phi) is 3.14. The van der Waals surface area contributed by atoms with E-state index in [0.29, 0.717) is 5.92 Å². The van der Waals surface area contributed by atoms with Crippen LogP contribution in [0.5, 0.6) is 0 Å². The van der Waals surface area contributed by atoms with E-state index < -0.39 is 5.97 Å². The van der Waals surface area contributed by atoms with Gasteiger partial charge in [-0.3, -0.25) is 4.79 Å². The highest BCUT2D eigenvalue weighted by Gasteiger charge is 2.59. The van der Waals surface area contributed by atoms with Gasteiger partial charge in [-0.1, -0.05) is 32.1 Å². The minimum atomic E-state index is -0.466. The number of rotatable bonds is 1. The van der Waals surface area contributed by atoms with E-state index in [-0.39, 0.29) is 5.92 Å². The van der Waals surface area contributed by atoms with Gasteiger partial charge in [0.2, 0.25) is 0 Å². The van der Waals surface area contributed by atoms with E-state index in [1.54, 1.807) is 0 Å². The van der Waals surface area contributed by atoms with Gasteiger partial charge < -0.3 is 5.11 Å². The summed E-state index contributed by atoms with van der Waals surface area (Å²) in [4.78, 5) is 12.0. The lowest BCUT2D eigenvalue weighted by atomic mass is 9.43. The van der Waals surface area contributed by atoms with Crippen molar-refractivity contribution in [2.45, 2.75) is 64.2 Å². The third kappa shape index (κ3) is 1.82. The van der Waals surface area contributed by atoms with E-state index >= 15 is 0 Å². The van der Waals surface area contributed by atoms with Gasteiger partial charge in [-0.05, 0) is 79.4 Å². The highest BCUT2D eigenvalue weighted by molar-refractivity contribution is 5.70. The molecule has 5 aliphatic rings. The molecular weight excluding hydrogens is 272 g/mol. The molecule has 1 N–H and O–H groups in total. The minimum absolute atomic E-state index is 0.00727. The normalized spacial score (nSPS) is 56.1. The number of carboxylic acid groups (broad SMARTS) is 1. The second kappa shape index (κ2) is 4.98. The van der Waals surface area contributed by atoms with Gasteiger partial charge >= 0.3 is 5.97 Å². The average Bonchev–Trinajstić information content (AvgIpc) is 2.99. The molecule has 2 nitrogen and oxygen atoms in total. The first-order valence-electron chi connectivity index (χ1n) is 9.97. The van der Waals surface area contributed by atoms with E-state index in [2.05, 4.69) is 0 Å². The molecule has 5 aliphatic carbocycles. The Labute approximate surface area is 134 Å². The van der Waals surface area contributed by atoms with Crippen LogP contribution in [0.4, 0.5) is 0 Å². The lowest BCUT2D eigenvalue weighted by Crippen LogP contribution is -2.56. The molecule has 122 valence electrons. The van der Waals surface area contributed by atoms with Crippen molar-refractivity contribution >= 4 is 5.97 Å². The number of fused-ring (bicyclic) bond motifs is 2. The zero-order valence-corrected chi connectivity index (χ0v) is 13.6. The Morgan fingerprint density at radius 2 is 1.45 bits per heavy atom. The van der Waals surface area contributed by atoms with Gasteiger partial charge in [0.05, 0.1) is 5.92 Å². The molecule has 0 radical (unpaired) electrons. The first kappa shape index (κ1) is 13.9. The summed E-state index contributed by atoms with van der Waals surface area (Å²) in [5.41, 5.74) is 0. The monoisotopic (exact) mass is 302 g/mol. The predicted molar refractivity (Wildman–Crippen MR) is 85.2 cm³/mol. The first-order valence-corrected chi connectivity index (χ1v) is 9.97. The topological polar surface area (TPSA) is 37.3 Å². The summed E-state index contributed by atoms with van der Waals surface area (Å²) in [5.74, 6) is 6.21. The molecule has 0 aromatic rings. The van der Waals surface area contributed by atoms with Gasteiger partial charge in [0.25, 0.3) is 0 Å². The molecular formula is C20H30O2. The fourth-order valence-corrected chi connectivity index (χ4v) is 8.29. The molecule has 0 aromatic carbocycles. The summed E-state index contributed by atoms with van der Waals surface area (Å²) in [5, 5.41) is 9.88. The zero-order chi connectivity index (χ0) is 14.8. The lowest BCUT2D eigenvalue weighted by Gasteiger charge is -2.61. The second-order valence-corrected chi connectivity index (χ2v) is 9.28. The highest BCUT2D eigenvalue weighted by Crippen LogP contribution is 2.65. The highest BCUT2D eigenvalue weighted by atomic mass is 16.4. The molecule has 0 bridgehead atoms. The number of aliphatic carboxylic acids is 1. The van der Waals surface area contributed by atoms with E-state index in [1.807, 2.05) is 0 Å². The summed E-state index contributed by atoms with van der Waals surface area (Å²) in [6, 6.07) is 0. The van der Waals surface area contributed by atoms with Crippen LogP contribution in [0.2, 0.25) is 0 Å². The summed E-state index contributed by atoms with van der Waals surface area (Å²) in [6.45, 7) is 0. The van der Waals surface area contributed by atoms with E-state index in [9.17, 15) is 9.90 Å². The van der Waals surface area contributed by atoms with Gasteiger partial charge in [-0.25, -0.2) is 0 Å². The molecule has 9 atom stereocenters. The second-order valence-electron chi connectivity index (χ2n) is 9.28. The van der Waals surface area contributed by atoms with Crippen LogP contribution in [0.3, 0.4) is 0 Å². The number of carboxylic acids is 1. The Balaban J connectivity index is 1.55. The zero-order valence-electron chi connectivity index (χ0n) is 13.6. The Morgan fingerprint density at radius 3 is 2.32 bits per heavy atom. The van der Waals surface area contributed by atoms with Crippen molar-refractivity contribution in [3.05, 3.63) is 0 Å². The summed E-state index contributed by atoms with van der Waals surface area (Å²) in [7, 11) is 0. The van der Waals surface area contributed by atoms with Crippen molar-refractivity contribution in [1.29, 1.82) is 0 Å². The molecule has 0 heterocycles. The average molecular weight is 302 g/mol. The minimum Gasteiger partial charge on any atom is -0.481 e. The Bertz CT molecular complexity index is 472. The van der Waals surface area contributed by atoms with Crippen molar-refractivity contribution in [2.24, 2.45) is 53.3 Å². The maximum atomic E-state index is 12.0. The Hall–Kier alpha value is -0.530. The molecule has 5 saturated carbocycles. The predicted octanol–water partition coefficient (Wildman–Crippen LogP) is 4.59. The SMILES string of the molecule is O=C(O)C1CC2CCCC3CCC4C5CCCC5CC1C4C32. The van der Waals surface area contributed by atoms with Gasteiger partial charge in [-0.15, -0.1) is 0 Å². The molecule has 2 heteroatoms. The molecule has 22 heavy (non-hydrogen) atoms. The molecule has 5 fully saturated rings. The van der Waals surface area contributed by atoms with Gasteiger partial charge in [-0.2, -0.15) is 0 Å². The number of hydrogen-bond donors (Lipinski definition) is 1. The van der Waals surface area contributed by atoms with Crippen molar-refractivity contribution in [3.8, 4) is 0 Å². The molecule has 0 spiro atoms. The smallest absolute Gasteiger partial charge is 0.306 e. The standard InChI is InChI=1S/C20H30O2/c21-20(22)17-10-13-5-1-3-11-7-8-15-14-6-2-4-12(14)9-16(17)19(15)18(11)13/h11-19H,1-10H2,(H,21,22). The van der Waals surface area contributed by atoms with Crippen LogP contribution in [0, 0.1) is 53.3 Å². The van der Waals surface area contributed by atoms with E-state index in [1.165, 1.54) is 57.8 Å². The molecule has 0 aromatic heterocycles. The van der Waals surface area contributed by atoms with Gasteiger partial charge in [0, 0.05) is 0 Å². The summed E-state index contributed by atoms with van der Waals surface area (Å²) < 4.78 is 0. The quantitative estimate of drug-likeness (QED) is 0.769. The number of carbonyl (C=O) groups is 1. The third-order valence-corrected chi connectivity index (χ3v) is 8.78. The van der Waals surface area contributed by atoms with Crippen LogP contribution < -0.4 is 0 Å². The van der Waals surface area contributed by atoms with E-state index in [4.69, 9.17) is 0 Å². The molecule has 0 amide bonds. The lowest BCUT2D eigenvalue weighted by molar-refractivity contribution is -0.166. The number of hydrogen-bond acceptors (Lipinski definition) is 1.